The molecule has 2 nitrogen and oxygen atoms in total. The lowest BCUT2D eigenvalue weighted by molar-refractivity contribution is 0.673. The molecule has 1 heterocycles. The predicted octanol–water partition coefficient (Wildman–Crippen LogP) is 2.23. The number of aromatic nitrogens is 1. The Morgan fingerprint density at radius 3 is 2.64 bits per heavy atom. The first-order valence-corrected chi connectivity index (χ1v) is 5.61. The molecule has 0 spiro atoms. The van der Waals surface area contributed by atoms with E-state index < -0.39 is 0 Å². The molecule has 2 rings (SSSR count). The third kappa shape index (κ3) is 1.50. The van der Waals surface area contributed by atoms with Crippen molar-refractivity contribution in [1.29, 1.82) is 0 Å². The first-order valence-electron chi connectivity index (χ1n) is 4.97. The smallest absolute Gasteiger partial charge is 0.255 e. The number of pyridine rings is 1. The van der Waals surface area contributed by atoms with E-state index in [0.717, 1.165) is 29.7 Å². The van der Waals surface area contributed by atoms with Crippen molar-refractivity contribution in [3.05, 3.63) is 33.2 Å². The number of hydrogen-bond acceptors (Lipinski definition) is 2. The Morgan fingerprint density at radius 1 is 1.50 bits per heavy atom. The second-order valence-corrected chi connectivity index (χ2v) is 4.33. The molecule has 3 heteroatoms. The van der Waals surface area contributed by atoms with Gasteiger partial charge in [-0.1, -0.05) is 0 Å². The van der Waals surface area contributed by atoms with Crippen molar-refractivity contribution in [1.82, 2.24) is 4.57 Å². The standard InChI is InChI=1S/C11H15NOS/c1-7-5-8(2)12(9-3-4-9)11(13)10(7)6-14/h5,9,14H,3-4,6H2,1-2H3. The van der Waals surface area contributed by atoms with Crippen LogP contribution >= 0.6 is 12.6 Å². The molecule has 0 aromatic carbocycles. The Balaban J connectivity index is 2.64. The largest absolute Gasteiger partial charge is 0.310 e. The van der Waals surface area contributed by atoms with Gasteiger partial charge in [0.25, 0.3) is 5.56 Å². The van der Waals surface area contributed by atoms with E-state index in [9.17, 15) is 4.79 Å². The summed E-state index contributed by atoms with van der Waals surface area (Å²) in [5, 5.41) is 0. The van der Waals surface area contributed by atoms with Crippen LogP contribution in [0.25, 0.3) is 0 Å². The SMILES string of the molecule is Cc1cc(C)n(C2CC2)c(=O)c1CS. The van der Waals surface area contributed by atoms with Gasteiger partial charge in [-0.05, 0) is 38.3 Å². The number of hydrogen-bond donors (Lipinski definition) is 1. The van der Waals surface area contributed by atoms with Crippen molar-refractivity contribution in [3.63, 3.8) is 0 Å². The third-order valence-corrected chi connectivity index (χ3v) is 3.14. The van der Waals surface area contributed by atoms with E-state index in [2.05, 4.69) is 18.7 Å². The van der Waals surface area contributed by atoms with E-state index in [4.69, 9.17) is 0 Å². The van der Waals surface area contributed by atoms with Crippen LogP contribution in [0.3, 0.4) is 0 Å². The highest BCUT2D eigenvalue weighted by atomic mass is 32.1. The lowest BCUT2D eigenvalue weighted by Gasteiger charge is -2.12. The highest BCUT2D eigenvalue weighted by Crippen LogP contribution is 2.34. The summed E-state index contributed by atoms with van der Waals surface area (Å²) in [6.07, 6.45) is 2.30. The molecular formula is C11H15NOS. The Bertz CT molecular complexity index is 418. The zero-order valence-corrected chi connectivity index (χ0v) is 9.47. The molecule has 0 amide bonds. The van der Waals surface area contributed by atoms with Gasteiger partial charge in [0.1, 0.15) is 0 Å². The third-order valence-electron chi connectivity index (χ3n) is 2.83. The molecule has 1 aromatic heterocycles. The Labute approximate surface area is 89.4 Å². The zero-order valence-electron chi connectivity index (χ0n) is 8.58. The lowest BCUT2D eigenvalue weighted by atomic mass is 10.1. The molecule has 14 heavy (non-hydrogen) atoms. The van der Waals surface area contributed by atoms with Gasteiger partial charge < -0.3 is 4.57 Å². The number of nitrogens with zero attached hydrogens (tertiary/aromatic N) is 1. The molecule has 0 unspecified atom stereocenters. The number of aryl methyl sites for hydroxylation is 2. The molecular weight excluding hydrogens is 194 g/mol. The summed E-state index contributed by atoms with van der Waals surface area (Å²) in [5.74, 6) is 0.539. The average Bonchev–Trinajstić information content (AvgIpc) is 2.88. The topological polar surface area (TPSA) is 22.0 Å². The lowest BCUT2D eigenvalue weighted by Crippen LogP contribution is -2.25. The summed E-state index contributed by atoms with van der Waals surface area (Å²) < 4.78 is 1.93. The summed E-state index contributed by atoms with van der Waals surface area (Å²) in [5.41, 5.74) is 3.17. The zero-order chi connectivity index (χ0) is 10.3. The molecule has 1 aliphatic rings. The van der Waals surface area contributed by atoms with Crippen LogP contribution in [0.1, 0.15) is 35.7 Å². The fourth-order valence-corrected chi connectivity index (χ4v) is 2.31. The molecule has 0 atom stereocenters. The number of rotatable bonds is 2. The van der Waals surface area contributed by atoms with Gasteiger partial charge in [-0.25, -0.2) is 0 Å². The molecule has 1 saturated carbocycles. The van der Waals surface area contributed by atoms with Crippen LogP contribution in [0, 0.1) is 13.8 Å². The second kappa shape index (κ2) is 3.46. The summed E-state index contributed by atoms with van der Waals surface area (Å²) in [6.45, 7) is 3.99. The van der Waals surface area contributed by atoms with Crippen LogP contribution in [0.5, 0.6) is 0 Å². The van der Waals surface area contributed by atoms with E-state index in [1.807, 2.05) is 18.4 Å². The van der Waals surface area contributed by atoms with Gasteiger partial charge >= 0.3 is 0 Å². The van der Waals surface area contributed by atoms with E-state index in [0.29, 0.717) is 11.8 Å². The highest BCUT2D eigenvalue weighted by molar-refractivity contribution is 7.79. The first kappa shape index (κ1) is 9.84. The van der Waals surface area contributed by atoms with E-state index in [1.54, 1.807) is 0 Å². The van der Waals surface area contributed by atoms with Crippen LogP contribution in [-0.4, -0.2) is 4.57 Å². The van der Waals surface area contributed by atoms with Gasteiger partial charge in [0.05, 0.1) is 0 Å². The molecule has 1 aliphatic carbocycles. The fraction of sp³-hybridized carbons (Fsp3) is 0.545. The van der Waals surface area contributed by atoms with Crippen molar-refractivity contribution >= 4 is 12.6 Å². The van der Waals surface area contributed by atoms with Gasteiger partial charge in [-0.2, -0.15) is 12.6 Å². The molecule has 0 bridgehead atoms. The summed E-state index contributed by atoms with van der Waals surface area (Å²) in [7, 11) is 0. The minimum absolute atomic E-state index is 0.167. The summed E-state index contributed by atoms with van der Waals surface area (Å²) in [6, 6.07) is 2.55. The highest BCUT2D eigenvalue weighted by Gasteiger charge is 2.26. The van der Waals surface area contributed by atoms with Crippen LogP contribution in [0.2, 0.25) is 0 Å². The van der Waals surface area contributed by atoms with Gasteiger partial charge in [0.2, 0.25) is 0 Å². The average molecular weight is 209 g/mol. The van der Waals surface area contributed by atoms with Crippen molar-refractivity contribution in [2.24, 2.45) is 0 Å². The van der Waals surface area contributed by atoms with Gasteiger partial charge in [-0.3, -0.25) is 4.79 Å². The van der Waals surface area contributed by atoms with Crippen molar-refractivity contribution in [2.45, 2.75) is 38.5 Å². The molecule has 1 fully saturated rings. The Hall–Kier alpha value is -0.700. The minimum atomic E-state index is 0.167. The predicted molar refractivity (Wildman–Crippen MR) is 61.1 cm³/mol. The van der Waals surface area contributed by atoms with Gasteiger partial charge in [0.15, 0.2) is 0 Å². The normalized spacial score (nSPS) is 15.9. The van der Waals surface area contributed by atoms with Gasteiger partial charge in [0, 0.05) is 23.1 Å². The summed E-state index contributed by atoms with van der Waals surface area (Å²) in [4.78, 5) is 12.0. The maximum Gasteiger partial charge on any atom is 0.255 e. The van der Waals surface area contributed by atoms with Crippen LogP contribution < -0.4 is 5.56 Å². The van der Waals surface area contributed by atoms with E-state index in [1.165, 1.54) is 0 Å². The second-order valence-electron chi connectivity index (χ2n) is 4.01. The first-order chi connectivity index (χ1) is 6.65. The van der Waals surface area contributed by atoms with E-state index >= 15 is 0 Å². The maximum absolute atomic E-state index is 12.0. The fourth-order valence-electron chi connectivity index (χ4n) is 1.92. The molecule has 1 aromatic rings. The molecule has 0 aliphatic heterocycles. The minimum Gasteiger partial charge on any atom is -0.310 e. The van der Waals surface area contributed by atoms with Gasteiger partial charge in [-0.15, -0.1) is 0 Å². The Morgan fingerprint density at radius 2 is 2.14 bits per heavy atom. The van der Waals surface area contributed by atoms with Crippen LogP contribution in [-0.2, 0) is 5.75 Å². The number of thiol groups is 1. The molecule has 0 N–H and O–H groups in total. The summed E-state index contributed by atoms with van der Waals surface area (Å²) >= 11 is 4.21. The van der Waals surface area contributed by atoms with E-state index in [-0.39, 0.29) is 5.56 Å². The monoisotopic (exact) mass is 209 g/mol. The van der Waals surface area contributed by atoms with Crippen molar-refractivity contribution in [3.8, 4) is 0 Å². The molecule has 76 valence electrons. The quantitative estimate of drug-likeness (QED) is 0.741. The van der Waals surface area contributed by atoms with Crippen molar-refractivity contribution in [2.75, 3.05) is 0 Å². The molecule has 0 saturated heterocycles. The van der Waals surface area contributed by atoms with Crippen molar-refractivity contribution < 1.29 is 0 Å². The maximum atomic E-state index is 12.0. The van der Waals surface area contributed by atoms with Crippen LogP contribution in [0.15, 0.2) is 10.9 Å². The van der Waals surface area contributed by atoms with Crippen LogP contribution in [0.4, 0.5) is 0 Å². The molecule has 0 radical (unpaired) electrons. The Kier molecular flexibility index (Phi) is 2.43.